The number of anilines is 2. The number of terminal acetylenes is 1. The van der Waals surface area contributed by atoms with Crippen LogP contribution in [0.1, 0.15) is 12.5 Å². The molecule has 26 heavy (non-hydrogen) atoms. The minimum absolute atomic E-state index is 0.237. The van der Waals surface area contributed by atoms with Crippen LogP contribution in [0, 0.1) is 12.3 Å². The van der Waals surface area contributed by atoms with E-state index < -0.39 is 0 Å². The van der Waals surface area contributed by atoms with E-state index in [-0.39, 0.29) is 6.17 Å². The number of nitrogens with zero attached hydrogens (tertiary/aromatic N) is 3. The fourth-order valence-electron chi connectivity index (χ4n) is 3.57. The van der Waals surface area contributed by atoms with Crippen LogP contribution in [0.15, 0.2) is 36.5 Å². The summed E-state index contributed by atoms with van der Waals surface area (Å²) in [5.74, 6) is 3.62. The number of nitrogens with one attached hydrogen (secondary N) is 2. The topological polar surface area (TPSA) is 47.2 Å². The lowest BCUT2D eigenvalue weighted by Gasteiger charge is -2.19. The Morgan fingerprint density at radius 2 is 2.15 bits per heavy atom. The van der Waals surface area contributed by atoms with Gasteiger partial charge in [-0.05, 0) is 43.8 Å². The quantitative estimate of drug-likeness (QED) is 0.711. The van der Waals surface area contributed by atoms with Crippen molar-refractivity contribution in [2.45, 2.75) is 19.6 Å². The molecule has 4 rings (SSSR count). The number of hydrogen-bond donors (Lipinski definition) is 2. The molecule has 0 amide bonds. The molecule has 1 aliphatic heterocycles. The van der Waals surface area contributed by atoms with E-state index in [1.54, 1.807) is 0 Å². The van der Waals surface area contributed by atoms with Gasteiger partial charge in [-0.2, -0.15) is 0 Å². The summed E-state index contributed by atoms with van der Waals surface area (Å²) in [4.78, 5) is 12.4. The Hall–Kier alpha value is -2.97. The Balaban J connectivity index is 1.72. The predicted molar refractivity (Wildman–Crippen MR) is 108 cm³/mol. The summed E-state index contributed by atoms with van der Waals surface area (Å²) in [6.07, 6.45) is 7.49. The Morgan fingerprint density at radius 3 is 2.96 bits per heavy atom. The maximum absolute atomic E-state index is 5.40. The summed E-state index contributed by atoms with van der Waals surface area (Å²) in [6.45, 7) is 3.63. The third-order valence-electron chi connectivity index (χ3n) is 4.99. The van der Waals surface area contributed by atoms with Gasteiger partial charge in [-0.3, -0.25) is 4.90 Å². The smallest absolute Gasteiger partial charge is 0.151 e. The number of benzene rings is 1. The van der Waals surface area contributed by atoms with Gasteiger partial charge in [0.25, 0.3) is 0 Å². The van der Waals surface area contributed by atoms with E-state index in [0.717, 1.165) is 34.8 Å². The minimum Gasteiger partial charge on any atom is -0.354 e. The van der Waals surface area contributed by atoms with E-state index in [1.165, 1.54) is 10.9 Å². The zero-order valence-corrected chi connectivity index (χ0v) is 15.4. The van der Waals surface area contributed by atoms with E-state index in [0.29, 0.717) is 6.54 Å². The molecule has 3 heterocycles. The highest BCUT2D eigenvalue weighted by atomic mass is 15.3. The van der Waals surface area contributed by atoms with Gasteiger partial charge < -0.3 is 15.2 Å². The molecule has 2 N–H and O–H groups in total. The van der Waals surface area contributed by atoms with Gasteiger partial charge >= 0.3 is 0 Å². The van der Waals surface area contributed by atoms with Gasteiger partial charge in [0.1, 0.15) is 0 Å². The lowest BCUT2D eigenvalue weighted by atomic mass is 10.1. The molecule has 0 bridgehead atoms. The second-order valence-corrected chi connectivity index (χ2v) is 6.97. The summed E-state index contributed by atoms with van der Waals surface area (Å²) in [5, 5.41) is 4.62. The van der Waals surface area contributed by atoms with Crippen molar-refractivity contribution in [2.75, 3.05) is 30.9 Å². The predicted octanol–water partition coefficient (Wildman–Crippen LogP) is 3.50. The van der Waals surface area contributed by atoms with Gasteiger partial charge in [0.15, 0.2) is 5.82 Å². The van der Waals surface area contributed by atoms with Crippen LogP contribution in [0.2, 0.25) is 0 Å². The standard InChI is InChI=1S/C21H23N5/c1-5-10-25(3)13-15-6-7-18-16(11-15)12-19(24-18)17-8-9-22-21-20(17)26(4)14(2)23-21/h1,6-9,11-12,14,24H,10,13H2,2-4H3,(H,22,23). The monoisotopic (exact) mass is 345 g/mol. The van der Waals surface area contributed by atoms with E-state index >= 15 is 0 Å². The van der Waals surface area contributed by atoms with Crippen molar-refractivity contribution >= 4 is 22.4 Å². The second kappa shape index (κ2) is 6.40. The van der Waals surface area contributed by atoms with Crippen molar-refractivity contribution in [3.63, 3.8) is 0 Å². The number of H-pyrrole nitrogens is 1. The molecule has 0 saturated heterocycles. The molecule has 1 aliphatic rings. The highest BCUT2D eigenvalue weighted by Gasteiger charge is 2.26. The molecule has 0 fully saturated rings. The molecular formula is C21H23N5. The first-order valence-corrected chi connectivity index (χ1v) is 8.79. The molecule has 132 valence electrons. The Labute approximate surface area is 154 Å². The normalized spacial score (nSPS) is 16.0. The Bertz CT molecular complexity index is 997. The highest BCUT2D eigenvalue weighted by Crippen LogP contribution is 2.40. The second-order valence-electron chi connectivity index (χ2n) is 6.97. The van der Waals surface area contributed by atoms with Crippen LogP contribution in [-0.4, -0.2) is 41.7 Å². The van der Waals surface area contributed by atoms with Crippen molar-refractivity contribution in [1.29, 1.82) is 0 Å². The zero-order valence-electron chi connectivity index (χ0n) is 15.4. The van der Waals surface area contributed by atoms with Gasteiger partial charge in [-0.15, -0.1) is 6.42 Å². The Morgan fingerprint density at radius 1 is 1.31 bits per heavy atom. The molecule has 1 aromatic carbocycles. The first-order valence-electron chi connectivity index (χ1n) is 8.79. The third-order valence-corrected chi connectivity index (χ3v) is 4.99. The van der Waals surface area contributed by atoms with Crippen molar-refractivity contribution in [1.82, 2.24) is 14.9 Å². The van der Waals surface area contributed by atoms with Gasteiger partial charge in [0, 0.05) is 41.9 Å². The van der Waals surface area contributed by atoms with Crippen LogP contribution in [0.3, 0.4) is 0 Å². The molecule has 0 spiro atoms. The molecular weight excluding hydrogens is 322 g/mol. The number of aromatic amines is 1. The number of pyridine rings is 1. The van der Waals surface area contributed by atoms with E-state index in [4.69, 9.17) is 6.42 Å². The van der Waals surface area contributed by atoms with Crippen molar-refractivity contribution < 1.29 is 0 Å². The average molecular weight is 345 g/mol. The first kappa shape index (κ1) is 16.5. The lowest BCUT2D eigenvalue weighted by molar-refractivity contribution is 0.369. The molecule has 3 aromatic rings. The fraction of sp³-hybridized carbons (Fsp3) is 0.286. The van der Waals surface area contributed by atoms with Crippen LogP contribution < -0.4 is 10.2 Å². The molecule has 0 saturated carbocycles. The van der Waals surface area contributed by atoms with Crippen LogP contribution in [-0.2, 0) is 6.54 Å². The summed E-state index contributed by atoms with van der Waals surface area (Å²) in [5.41, 5.74) is 5.80. The molecule has 2 aromatic heterocycles. The molecule has 5 heteroatoms. The maximum atomic E-state index is 5.40. The lowest BCUT2D eigenvalue weighted by Crippen LogP contribution is -2.28. The molecule has 0 aliphatic carbocycles. The minimum atomic E-state index is 0.237. The fourth-order valence-corrected chi connectivity index (χ4v) is 3.57. The van der Waals surface area contributed by atoms with Gasteiger partial charge in [0.05, 0.1) is 18.4 Å². The van der Waals surface area contributed by atoms with E-state index in [1.807, 2.05) is 13.2 Å². The first-order chi connectivity index (χ1) is 12.6. The van der Waals surface area contributed by atoms with E-state index in [2.05, 4.69) is 75.3 Å². The summed E-state index contributed by atoms with van der Waals surface area (Å²) in [7, 11) is 4.13. The largest absolute Gasteiger partial charge is 0.354 e. The van der Waals surface area contributed by atoms with Crippen LogP contribution in [0.5, 0.6) is 0 Å². The molecule has 0 radical (unpaired) electrons. The van der Waals surface area contributed by atoms with E-state index in [9.17, 15) is 0 Å². The van der Waals surface area contributed by atoms with Gasteiger partial charge in [-0.1, -0.05) is 12.0 Å². The number of fused-ring (bicyclic) bond motifs is 2. The van der Waals surface area contributed by atoms with Gasteiger partial charge in [-0.25, -0.2) is 4.98 Å². The molecule has 1 unspecified atom stereocenters. The number of hydrogen-bond acceptors (Lipinski definition) is 4. The van der Waals surface area contributed by atoms with Gasteiger partial charge in [0.2, 0.25) is 0 Å². The van der Waals surface area contributed by atoms with Crippen molar-refractivity contribution in [2.24, 2.45) is 0 Å². The summed E-state index contributed by atoms with van der Waals surface area (Å²) >= 11 is 0. The van der Waals surface area contributed by atoms with Crippen LogP contribution in [0.25, 0.3) is 22.2 Å². The molecule has 5 nitrogen and oxygen atoms in total. The summed E-state index contributed by atoms with van der Waals surface area (Å²) in [6, 6.07) is 10.8. The third kappa shape index (κ3) is 2.79. The molecule has 1 atom stereocenters. The summed E-state index contributed by atoms with van der Waals surface area (Å²) < 4.78 is 0. The average Bonchev–Trinajstić information content (AvgIpc) is 3.16. The SMILES string of the molecule is C#CCN(C)Cc1ccc2[nH]c(-c3ccnc4c3N(C)C(C)N4)cc2c1. The number of rotatable bonds is 4. The van der Waals surface area contributed by atoms with Crippen molar-refractivity contribution in [3.8, 4) is 23.6 Å². The Kier molecular flexibility index (Phi) is 4.06. The number of aromatic nitrogens is 2. The van der Waals surface area contributed by atoms with Crippen LogP contribution >= 0.6 is 0 Å². The highest BCUT2D eigenvalue weighted by molar-refractivity contribution is 5.93. The van der Waals surface area contributed by atoms with Crippen LogP contribution in [0.4, 0.5) is 11.5 Å². The zero-order chi connectivity index (χ0) is 18.3. The van der Waals surface area contributed by atoms with Crippen molar-refractivity contribution in [3.05, 3.63) is 42.1 Å². The maximum Gasteiger partial charge on any atom is 0.151 e.